The van der Waals surface area contributed by atoms with Gasteiger partial charge in [-0.3, -0.25) is 4.98 Å². The van der Waals surface area contributed by atoms with Crippen LogP contribution in [0.3, 0.4) is 0 Å². The highest BCUT2D eigenvalue weighted by Crippen LogP contribution is 2.02. The van der Waals surface area contributed by atoms with Crippen LogP contribution in [-0.2, 0) is 13.1 Å². The first-order chi connectivity index (χ1) is 9.79. The Hall–Kier alpha value is -2.36. The van der Waals surface area contributed by atoms with Crippen molar-refractivity contribution < 1.29 is 4.79 Å². The average molecular weight is 269 g/mol. The summed E-state index contributed by atoms with van der Waals surface area (Å²) in [5.41, 5.74) is 1.99. The van der Waals surface area contributed by atoms with Crippen LogP contribution in [0.5, 0.6) is 0 Å². The molecule has 1 aromatic carbocycles. The second-order valence-electron chi connectivity index (χ2n) is 4.48. The highest BCUT2D eigenvalue weighted by Gasteiger charge is 2.11. The van der Waals surface area contributed by atoms with Crippen LogP contribution in [-0.4, -0.2) is 22.5 Å². The van der Waals surface area contributed by atoms with E-state index in [1.807, 2.05) is 55.5 Å². The number of amides is 2. The van der Waals surface area contributed by atoms with Crippen LogP contribution < -0.4 is 5.32 Å². The lowest BCUT2D eigenvalue weighted by molar-refractivity contribution is 0.197. The Bertz CT molecular complexity index is 528. The molecule has 0 atom stereocenters. The summed E-state index contributed by atoms with van der Waals surface area (Å²) in [6, 6.07) is 15.5. The fourth-order valence-corrected chi connectivity index (χ4v) is 1.90. The summed E-state index contributed by atoms with van der Waals surface area (Å²) in [4.78, 5) is 18.1. The lowest BCUT2D eigenvalue weighted by Gasteiger charge is -2.21. The van der Waals surface area contributed by atoms with Gasteiger partial charge in [0, 0.05) is 19.3 Å². The first kappa shape index (κ1) is 14.1. The van der Waals surface area contributed by atoms with Crippen molar-refractivity contribution in [1.29, 1.82) is 0 Å². The molecule has 2 amide bonds. The number of carbonyl (C=O) groups is 1. The van der Waals surface area contributed by atoms with E-state index in [1.165, 1.54) is 0 Å². The topological polar surface area (TPSA) is 45.2 Å². The fraction of sp³-hybridized carbons (Fsp3) is 0.250. The van der Waals surface area contributed by atoms with E-state index in [1.54, 1.807) is 11.1 Å². The van der Waals surface area contributed by atoms with Crippen LogP contribution in [0.25, 0.3) is 0 Å². The van der Waals surface area contributed by atoms with E-state index in [2.05, 4.69) is 10.3 Å². The zero-order chi connectivity index (χ0) is 14.2. The molecule has 0 fully saturated rings. The molecular weight excluding hydrogens is 250 g/mol. The van der Waals surface area contributed by atoms with Crippen molar-refractivity contribution >= 4 is 6.03 Å². The third-order valence-corrected chi connectivity index (χ3v) is 3.03. The number of urea groups is 1. The van der Waals surface area contributed by atoms with Gasteiger partial charge < -0.3 is 10.2 Å². The van der Waals surface area contributed by atoms with E-state index in [-0.39, 0.29) is 6.03 Å². The predicted octanol–water partition coefficient (Wildman–Crippen LogP) is 2.81. The normalized spacial score (nSPS) is 10.1. The summed E-state index contributed by atoms with van der Waals surface area (Å²) in [6.07, 6.45) is 1.74. The number of rotatable bonds is 5. The second-order valence-corrected chi connectivity index (χ2v) is 4.48. The standard InChI is InChI=1S/C16H19N3O/c1-2-19(13-15-10-6-7-11-17-15)16(20)18-12-14-8-4-3-5-9-14/h3-11H,2,12-13H2,1H3,(H,18,20). The predicted molar refractivity (Wildman–Crippen MR) is 79.0 cm³/mol. The molecule has 0 spiro atoms. The number of hydrogen-bond acceptors (Lipinski definition) is 2. The van der Waals surface area contributed by atoms with Crippen molar-refractivity contribution in [2.45, 2.75) is 20.0 Å². The minimum Gasteiger partial charge on any atom is -0.334 e. The number of pyridine rings is 1. The van der Waals surface area contributed by atoms with Gasteiger partial charge in [-0.05, 0) is 24.6 Å². The van der Waals surface area contributed by atoms with Crippen molar-refractivity contribution in [3.05, 3.63) is 66.0 Å². The number of carbonyl (C=O) groups excluding carboxylic acids is 1. The molecule has 0 saturated heterocycles. The summed E-state index contributed by atoms with van der Waals surface area (Å²) in [6.45, 7) is 3.68. The van der Waals surface area contributed by atoms with Crippen molar-refractivity contribution in [3.63, 3.8) is 0 Å². The van der Waals surface area contributed by atoms with Gasteiger partial charge in [0.1, 0.15) is 0 Å². The number of hydrogen-bond donors (Lipinski definition) is 1. The van der Waals surface area contributed by atoms with Gasteiger partial charge in [-0.2, -0.15) is 0 Å². The molecule has 0 unspecified atom stereocenters. The summed E-state index contributed by atoms with van der Waals surface area (Å²) in [5.74, 6) is 0. The van der Waals surface area contributed by atoms with Crippen molar-refractivity contribution in [1.82, 2.24) is 15.2 Å². The third kappa shape index (κ3) is 4.09. The number of nitrogens with zero attached hydrogens (tertiary/aromatic N) is 2. The number of aromatic nitrogens is 1. The summed E-state index contributed by atoms with van der Waals surface area (Å²) >= 11 is 0. The van der Waals surface area contributed by atoms with Crippen LogP contribution in [0.4, 0.5) is 4.79 Å². The molecule has 1 heterocycles. The summed E-state index contributed by atoms with van der Waals surface area (Å²) in [5, 5.41) is 2.93. The molecule has 4 heteroatoms. The zero-order valence-electron chi connectivity index (χ0n) is 11.6. The molecular formula is C16H19N3O. The number of benzene rings is 1. The molecule has 2 rings (SSSR count). The van der Waals surface area contributed by atoms with E-state index in [4.69, 9.17) is 0 Å². The van der Waals surface area contributed by atoms with E-state index >= 15 is 0 Å². The van der Waals surface area contributed by atoms with Crippen LogP contribution in [0.1, 0.15) is 18.2 Å². The molecule has 0 aliphatic rings. The van der Waals surface area contributed by atoms with Gasteiger partial charge in [0.05, 0.1) is 12.2 Å². The molecule has 0 saturated carbocycles. The first-order valence-corrected chi connectivity index (χ1v) is 6.76. The SMILES string of the molecule is CCN(Cc1ccccn1)C(=O)NCc1ccccc1. The Morgan fingerprint density at radius 2 is 1.90 bits per heavy atom. The van der Waals surface area contributed by atoms with E-state index in [9.17, 15) is 4.79 Å². The van der Waals surface area contributed by atoms with Crippen molar-refractivity contribution in [2.75, 3.05) is 6.54 Å². The monoisotopic (exact) mass is 269 g/mol. The van der Waals surface area contributed by atoms with Gasteiger partial charge >= 0.3 is 6.03 Å². The fourth-order valence-electron chi connectivity index (χ4n) is 1.90. The van der Waals surface area contributed by atoms with Crippen molar-refractivity contribution in [2.24, 2.45) is 0 Å². The molecule has 1 N–H and O–H groups in total. The Morgan fingerprint density at radius 3 is 2.55 bits per heavy atom. The van der Waals surface area contributed by atoms with Crippen molar-refractivity contribution in [3.8, 4) is 0 Å². The minimum absolute atomic E-state index is 0.0676. The second kappa shape index (κ2) is 7.28. The maximum atomic E-state index is 12.1. The van der Waals surface area contributed by atoms with E-state index in [0.29, 0.717) is 19.6 Å². The molecule has 1 aromatic heterocycles. The van der Waals surface area contributed by atoms with E-state index in [0.717, 1.165) is 11.3 Å². The summed E-state index contributed by atoms with van der Waals surface area (Å²) < 4.78 is 0. The summed E-state index contributed by atoms with van der Waals surface area (Å²) in [7, 11) is 0. The van der Waals surface area contributed by atoms with Crippen LogP contribution in [0.15, 0.2) is 54.7 Å². The molecule has 20 heavy (non-hydrogen) atoms. The Balaban J connectivity index is 1.89. The Labute approximate surface area is 119 Å². The third-order valence-electron chi connectivity index (χ3n) is 3.03. The zero-order valence-corrected chi connectivity index (χ0v) is 11.6. The minimum atomic E-state index is -0.0676. The number of nitrogens with one attached hydrogen (secondary N) is 1. The maximum Gasteiger partial charge on any atom is 0.318 e. The average Bonchev–Trinajstić information content (AvgIpc) is 2.52. The molecule has 0 radical (unpaired) electrons. The molecule has 4 nitrogen and oxygen atoms in total. The highest BCUT2D eigenvalue weighted by atomic mass is 16.2. The Kier molecular flexibility index (Phi) is 5.12. The molecule has 0 bridgehead atoms. The quantitative estimate of drug-likeness (QED) is 0.907. The van der Waals surface area contributed by atoms with Crippen LogP contribution in [0.2, 0.25) is 0 Å². The largest absolute Gasteiger partial charge is 0.334 e. The molecule has 0 aliphatic heterocycles. The van der Waals surface area contributed by atoms with Gasteiger partial charge in [-0.25, -0.2) is 4.79 Å². The highest BCUT2D eigenvalue weighted by molar-refractivity contribution is 5.74. The van der Waals surface area contributed by atoms with Gasteiger partial charge in [0.2, 0.25) is 0 Å². The van der Waals surface area contributed by atoms with E-state index < -0.39 is 0 Å². The molecule has 104 valence electrons. The van der Waals surface area contributed by atoms with Crippen LogP contribution >= 0.6 is 0 Å². The molecule has 0 aliphatic carbocycles. The van der Waals surface area contributed by atoms with Gasteiger partial charge in [-0.1, -0.05) is 36.4 Å². The first-order valence-electron chi connectivity index (χ1n) is 6.76. The van der Waals surface area contributed by atoms with Gasteiger partial charge in [0.15, 0.2) is 0 Å². The van der Waals surface area contributed by atoms with Gasteiger partial charge in [0.25, 0.3) is 0 Å². The Morgan fingerprint density at radius 1 is 1.15 bits per heavy atom. The lowest BCUT2D eigenvalue weighted by Crippen LogP contribution is -2.39. The smallest absolute Gasteiger partial charge is 0.318 e. The molecule has 2 aromatic rings. The van der Waals surface area contributed by atoms with Crippen LogP contribution in [0, 0.1) is 0 Å². The van der Waals surface area contributed by atoms with Gasteiger partial charge in [-0.15, -0.1) is 0 Å². The maximum absolute atomic E-state index is 12.1. The lowest BCUT2D eigenvalue weighted by atomic mass is 10.2.